The van der Waals surface area contributed by atoms with E-state index in [9.17, 15) is 5.11 Å². The Kier molecular flexibility index (Phi) is 3.59. The van der Waals surface area contributed by atoms with Gasteiger partial charge >= 0.3 is 0 Å². The van der Waals surface area contributed by atoms with Crippen molar-refractivity contribution in [3.05, 3.63) is 17.1 Å². The fraction of sp³-hybridized carbons (Fsp3) is 0.600. The average molecular weight is 290 g/mol. The number of anilines is 1. The van der Waals surface area contributed by atoms with Crippen LogP contribution in [0.3, 0.4) is 0 Å². The number of aryl methyl sites for hydroxylation is 2. The molecule has 6 nitrogen and oxygen atoms in total. The highest BCUT2D eigenvalue weighted by Gasteiger charge is 2.30. The number of nitrogens with zero attached hydrogens (tertiary/aromatic N) is 3. The standard InChI is InChI=1S/C15H22N4O2/c1-8-9(2)21-15-13(8)14(16)17-12(18-15)7-19(3)6-11(20)10-4-5-10/h10-11,20H,4-7H2,1-3H3,(H2,16,17,18). The number of fused-ring (bicyclic) bond motifs is 1. The summed E-state index contributed by atoms with van der Waals surface area (Å²) >= 11 is 0. The molecule has 0 bridgehead atoms. The summed E-state index contributed by atoms with van der Waals surface area (Å²) in [7, 11) is 1.95. The van der Waals surface area contributed by atoms with E-state index in [1.807, 2.05) is 25.8 Å². The lowest BCUT2D eigenvalue weighted by molar-refractivity contribution is 0.103. The molecule has 1 unspecified atom stereocenters. The van der Waals surface area contributed by atoms with E-state index in [0.717, 1.165) is 29.6 Å². The van der Waals surface area contributed by atoms with Crippen LogP contribution < -0.4 is 5.73 Å². The zero-order valence-corrected chi connectivity index (χ0v) is 12.8. The Morgan fingerprint density at radius 1 is 1.38 bits per heavy atom. The second kappa shape index (κ2) is 5.27. The van der Waals surface area contributed by atoms with Crippen LogP contribution in [0.4, 0.5) is 5.82 Å². The van der Waals surface area contributed by atoms with Crippen molar-refractivity contribution in [1.82, 2.24) is 14.9 Å². The van der Waals surface area contributed by atoms with Gasteiger partial charge in [-0.25, -0.2) is 4.98 Å². The molecule has 1 atom stereocenters. The van der Waals surface area contributed by atoms with E-state index < -0.39 is 0 Å². The lowest BCUT2D eigenvalue weighted by atomic mass is 10.2. The monoisotopic (exact) mass is 290 g/mol. The van der Waals surface area contributed by atoms with Gasteiger partial charge in [0.05, 0.1) is 18.0 Å². The van der Waals surface area contributed by atoms with Crippen LogP contribution in [0.25, 0.3) is 11.1 Å². The Balaban J connectivity index is 1.77. The number of nitrogen functional groups attached to an aromatic ring is 1. The first kappa shape index (κ1) is 14.3. The summed E-state index contributed by atoms with van der Waals surface area (Å²) in [5, 5.41) is 10.8. The van der Waals surface area contributed by atoms with Crippen molar-refractivity contribution < 1.29 is 9.52 Å². The minimum atomic E-state index is -0.260. The molecule has 1 aliphatic rings. The molecular weight excluding hydrogens is 268 g/mol. The Labute approximate surface area is 124 Å². The number of aliphatic hydroxyl groups is 1. The summed E-state index contributed by atoms with van der Waals surface area (Å²) in [6, 6.07) is 0. The van der Waals surface area contributed by atoms with Crippen LogP contribution in [0, 0.1) is 19.8 Å². The lowest BCUT2D eigenvalue weighted by Gasteiger charge is -2.19. The maximum Gasteiger partial charge on any atom is 0.231 e. The first-order valence-electron chi connectivity index (χ1n) is 7.34. The fourth-order valence-electron chi connectivity index (χ4n) is 2.65. The van der Waals surface area contributed by atoms with Gasteiger partial charge in [0.1, 0.15) is 17.4 Å². The maximum absolute atomic E-state index is 9.98. The summed E-state index contributed by atoms with van der Waals surface area (Å²) in [5.41, 5.74) is 7.56. The zero-order chi connectivity index (χ0) is 15.1. The third-order valence-electron chi connectivity index (χ3n) is 4.18. The first-order valence-corrected chi connectivity index (χ1v) is 7.34. The van der Waals surface area contributed by atoms with Crippen molar-refractivity contribution in [2.75, 3.05) is 19.3 Å². The van der Waals surface area contributed by atoms with Gasteiger partial charge in [0.2, 0.25) is 5.71 Å². The molecule has 3 rings (SSSR count). The van der Waals surface area contributed by atoms with Crippen molar-refractivity contribution in [3.63, 3.8) is 0 Å². The van der Waals surface area contributed by atoms with Gasteiger partial charge in [0.15, 0.2) is 0 Å². The van der Waals surface area contributed by atoms with Gasteiger partial charge in [-0.1, -0.05) is 0 Å². The second-order valence-electron chi connectivity index (χ2n) is 6.09. The number of aliphatic hydroxyl groups excluding tert-OH is 1. The van der Waals surface area contributed by atoms with Crippen LogP contribution in [0.2, 0.25) is 0 Å². The van der Waals surface area contributed by atoms with Crippen LogP contribution in [0.5, 0.6) is 0 Å². The van der Waals surface area contributed by atoms with E-state index in [0.29, 0.717) is 36.4 Å². The zero-order valence-electron chi connectivity index (χ0n) is 12.8. The van der Waals surface area contributed by atoms with Gasteiger partial charge in [-0.05, 0) is 39.7 Å². The number of likely N-dealkylation sites (N-methyl/N-ethyl adjacent to an activating group) is 1. The predicted molar refractivity (Wildman–Crippen MR) is 80.8 cm³/mol. The van der Waals surface area contributed by atoms with Gasteiger partial charge in [-0.2, -0.15) is 4.98 Å². The van der Waals surface area contributed by atoms with E-state index in [1.54, 1.807) is 0 Å². The summed E-state index contributed by atoms with van der Waals surface area (Å²) in [5.74, 6) is 2.37. The molecule has 1 fully saturated rings. The normalized spacial score (nSPS) is 16.8. The molecule has 0 radical (unpaired) electrons. The highest BCUT2D eigenvalue weighted by molar-refractivity contribution is 5.88. The van der Waals surface area contributed by atoms with Gasteiger partial charge in [0, 0.05) is 12.1 Å². The number of hydrogen-bond acceptors (Lipinski definition) is 6. The molecule has 114 valence electrons. The van der Waals surface area contributed by atoms with E-state index in [1.165, 1.54) is 0 Å². The van der Waals surface area contributed by atoms with Crippen molar-refractivity contribution in [3.8, 4) is 0 Å². The van der Waals surface area contributed by atoms with E-state index in [-0.39, 0.29) is 6.10 Å². The fourth-order valence-corrected chi connectivity index (χ4v) is 2.65. The van der Waals surface area contributed by atoms with Gasteiger partial charge in [-0.15, -0.1) is 0 Å². The van der Waals surface area contributed by atoms with Crippen LogP contribution in [0.1, 0.15) is 30.0 Å². The maximum atomic E-state index is 9.98. The van der Waals surface area contributed by atoms with Crippen LogP contribution >= 0.6 is 0 Å². The molecule has 0 aromatic carbocycles. The quantitative estimate of drug-likeness (QED) is 0.870. The first-order chi connectivity index (χ1) is 9.95. The molecule has 1 aliphatic carbocycles. The third-order valence-corrected chi connectivity index (χ3v) is 4.18. The largest absolute Gasteiger partial charge is 0.443 e. The lowest BCUT2D eigenvalue weighted by Crippen LogP contribution is -2.30. The van der Waals surface area contributed by atoms with Crippen molar-refractivity contribution >= 4 is 16.9 Å². The molecule has 3 N–H and O–H groups in total. The molecule has 1 saturated carbocycles. The van der Waals surface area contributed by atoms with Crippen LogP contribution in [-0.2, 0) is 6.54 Å². The Morgan fingerprint density at radius 2 is 2.10 bits per heavy atom. The Morgan fingerprint density at radius 3 is 2.76 bits per heavy atom. The van der Waals surface area contributed by atoms with Gasteiger partial charge in [0.25, 0.3) is 0 Å². The SMILES string of the molecule is Cc1oc2nc(CN(C)CC(O)C3CC3)nc(N)c2c1C. The molecule has 0 saturated heterocycles. The van der Waals surface area contributed by atoms with Crippen molar-refractivity contribution in [2.45, 2.75) is 39.3 Å². The van der Waals surface area contributed by atoms with Gasteiger partial charge in [-0.3, -0.25) is 4.90 Å². The predicted octanol–water partition coefficient (Wildman–Crippen LogP) is 1.62. The van der Waals surface area contributed by atoms with Crippen LogP contribution in [-0.4, -0.2) is 39.7 Å². The highest BCUT2D eigenvalue weighted by Crippen LogP contribution is 2.33. The minimum absolute atomic E-state index is 0.260. The van der Waals surface area contributed by atoms with Crippen molar-refractivity contribution in [2.24, 2.45) is 5.92 Å². The second-order valence-corrected chi connectivity index (χ2v) is 6.09. The molecule has 2 aromatic heterocycles. The summed E-state index contributed by atoms with van der Waals surface area (Å²) in [6.07, 6.45) is 2.01. The summed E-state index contributed by atoms with van der Waals surface area (Å²) < 4.78 is 5.63. The molecule has 6 heteroatoms. The molecule has 0 aliphatic heterocycles. The molecule has 0 spiro atoms. The van der Waals surface area contributed by atoms with E-state index in [4.69, 9.17) is 10.2 Å². The topological polar surface area (TPSA) is 88.4 Å². The number of rotatable bonds is 5. The Hall–Kier alpha value is -1.66. The number of aromatic nitrogens is 2. The Bertz CT molecular complexity index is 663. The van der Waals surface area contributed by atoms with E-state index in [2.05, 4.69) is 9.97 Å². The molecular formula is C15H22N4O2. The van der Waals surface area contributed by atoms with Gasteiger partial charge < -0.3 is 15.3 Å². The van der Waals surface area contributed by atoms with Crippen molar-refractivity contribution in [1.29, 1.82) is 0 Å². The smallest absolute Gasteiger partial charge is 0.231 e. The highest BCUT2D eigenvalue weighted by atomic mass is 16.3. The van der Waals surface area contributed by atoms with E-state index >= 15 is 0 Å². The molecule has 2 heterocycles. The molecule has 0 amide bonds. The molecule has 21 heavy (non-hydrogen) atoms. The number of hydrogen-bond donors (Lipinski definition) is 2. The summed E-state index contributed by atoms with van der Waals surface area (Å²) in [6.45, 7) is 5.03. The number of nitrogens with two attached hydrogens (primary N) is 1. The molecule has 2 aromatic rings. The van der Waals surface area contributed by atoms with Crippen LogP contribution in [0.15, 0.2) is 4.42 Å². The number of furan rings is 1. The third kappa shape index (κ3) is 2.87. The summed E-state index contributed by atoms with van der Waals surface area (Å²) in [4.78, 5) is 10.8. The average Bonchev–Trinajstić information content (AvgIpc) is 3.17. The minimum Gasteiger partial charge on any atom is -0.443 e.